The lowest BCUT2D eigenvalue weighted by atomic mass is 10.0. The highest BCUT2D eigenvalue weighted by Crippen LogP contribution is 2.19. The molecule has 0 unspecified atom stereocenters. The van der Waals surface area contributed by atoms with Crippen LogP contribution in [0.3, 0.4) is 0 Å². The molecule has 1 aliphatic rings. The molecule has 1 N–H and O–H groups in total. The van der Waals surface area contributed by atoms with E-state index in [0.29, 0.717) is 13.2 Å². The SMILES string of the molecule is CCCOC(C)(C)C(=O)Nc1ccc(OCCCN2CCC[C@@H](C)C2)cc1. The van der Waals surface area contributed by atoms with Crippen molar-refractivity contribution in [2.45, 2.75) is 59.0 Å². The first-order chi connectivity index (χ1) is 12.9. The smallest absolute Gasteiger partial charge is 0.256 e. The third kappa shape index (κ3) is 7.51. The normalized spacial score (nSPS) is 18.3. The molecule has 5 nitrogen and oxygen atoms in total. The predicted octanol–water partition coefficient (Wildman–Crippen LogP) is 4.33. The van der Waals surface area contributed by atoms with Crippen LogP contribution in [0.1, 0.15) is 53.4 Å². The molecule has 0 radical (unpaired) electrons. The van der Waals surface area contributed by atoms with Gasteiger partial charge in [-0.2, -0.15) is 0 Å². The van der Waals surface area contributed by atoms with Gasteiger partial charge in [0.2, 0.25) is 0 Å². The fourth-order valence-corrected chi connectivity index (χ4v) is 3.31. The van der Waals surface area contributed by atoms with Crippen LogP contribution in [0.2, 0.25) is 0 Å². The van der Waals surface area contributed by atoms with E-state index in [2.05, 4.69) is 17.1 Å². The molecule has 1 aromatic carbocycles. The molecule has 1 amide bonds. The Labute approximate surface area is 164 Å². The van der Waals surface area contributed by atoms with Crippen LogP contribution in [-0.2, 0) is 9.53 Å². The Balaban J connectivity index is 1.70. The number of amides is 1. The number of benzene rings is 1. The topological polar surface area (TPSA) is 50.8 Å². The standard InChI is InChI=1S/C22H36N2O3/c1-5-15-27-22(3,4)21(25)23-19-9-11-20(12-10-19)26-16-7-14-24-13-6-8-18(2)17-24/h9-12,18H,5-8,13-17H2,1-4H3,(H,23,25)/t18-/m1/s1. The van der Waals surface area contributed by atoms with Crippen LogP contribution in [0.25, 0.3) is 0 Å². The monoisotopic (exact) mass is 376 g/mol. The van der Waals surface area contributed by atoms with Crippen molar-refractivity contribution in [3.8, 4) is 5.75 Å². The Hall–Kier alpha value is -1.59. The predicted molar refractivity (Wildman–Crippen MR) is 110 cm³/mol. The van der Waals surface area contributed by atoms with Crippen LogP contribution in [0.15, 0.2) is 24.3 Å². The second-order valence-corrected chi connectivity index (χ2v) is 8.09. The second-order valence-electron chi connectivity index (χ2n) is 8.09. The summed E-state index contributed by atoms with van der Waals surface area (Å²) in [5, 5.41) is 2.91. The highest BCUT2D eigenvalue weighted by Gasteiger charge is 2.28. The number of likely N-dealkylation sites (tertiary alicyclic amines) is 1. The number of hydrogen-bond donors (Lipinski definition) is 1. The lowest BCUT2D eigenvalue weighted by molar-refractivity contribution is -0.137. The summed E-state index contributed by atoms with van der Waals surface area (Å²) in [6, 6.07) is 7.54. The highest BCUT2D eigenvalue weighted by atomic mass is 16.5. The minimum atomic E-state index is -0.836. The van der Waals surface area contributed by atoms with Crippen molar-refractivity contribution in [3.05, 3.63) is 24.3 Å². The van der Waals surface area contributed by atoms with Crippen LogP contribution >= 0.6 is 0 Å². The van der Waals surface area contributed by atoms with E-state index in [1.165, 1.54) is 25.9 Å². The van der Waals surface area contributed by atoms with Crippen LogP contribution in [-0.4, -0.2) is 49.3 Å². The van der Waals surface area contributed by atoms with Gasteiger partial charge in [0.1, 0.15) is 11.4 Å². The average Bonchev–Trinajstić information content (AvgIpc) is 2.65. The first-order valence-electron chi connectivity index (χ1n) is 10.3. The van der Waals surface area contributed by atoms with E-state index in [4.69, 9.17) is 9.47 Å². The van der Waals surface area contributed by atoms with Crippen molar-refractivity contribution in [2.24, 2.45) is 5.92 Å². The molecular formula is C22H36N2O3. The van der Waals surface area contributed by atoms with E-state index in [0.717, 1.165) is 36.7 Å². The van der Waals surface area contributed by atoms with E-state index in [-0.39, 0.29) is 5.91 Å². The summed E-state index contributed by atoms with van der Waals surface area (Å²) in [5.41, 5.74) is -0.0836. The van der Waals surface area contributed by atoms with Gasteiger partial charge in [0, 0.05) is 25.4 Å². The zero-order valence-corrected chi connectivity index (χ0v) is 17.4. The molecule has 0 aromatic heterocycles. The number of rotatable bonds is 10. The van der Waals surface area contributed by atoms with Gasteiger partial charge in [-0.05, 0) is 76.3 Å². The third-order valence-electron chi connectivity index (χ3n) is 4.95. The molecule has 2 rings (SSSR count). The molecule has 1 aliphatic heterocycles. The third-order valence-corrected chi connectivity index (χ3v) is 4.95. The quantitative estimate of drug-likeness (QED) is 0.618. The van der Waals surface area contributed by atoms with Gasteiger partial charge in [-0.15, -0.1) is 0 Å². The van der Waals surface area contributed by atoms with Crippen LogP contribution < -0.4 is 10.1 Å². The Morgan fingerprint density at radius 2 is 2.00 bits per heavy atom. The van der Waals surface area contributed by atoms with Gasteiger partial charge >= 0.3 is 0 Å². The van der Waals surface area contributed by atoms with Crippen molar-refractivity contribution < 1.29 is 14.3 Å². The first kappa shape index (κ1) is 21.7. The molecule has 1 atom stereocenters. The number of piperidine rings is 1. The number of hydrogen-bond acceptors (Lipinski definition) is 4. The van der Waals surface area contributed by atoms with E-state index >= 15 is 0 Å². The minimum absolute atomic E-state index is 0.139. The lowest BCUT2D eigenvalue weighted by Crippen LogP contribution is -2.40. The molecular weight excluding hydrogens is 340 g/mol. The molecule has 1 fully saturated rings. The van der Waals surface area contributed by atoms with E-state index < -0.39 is 5.60 Å². The van der Waals surface area contributed by atoms with E-state index in [1.807, 2.05) is 31.2 Å². The summed E-state index contributed by atoms with van der Waals surface area (Å²) in [7, 11) is 0. The molecule has 0 aliphatic carbocycles. The molecule has 0 bridgehead atoms. The summed E-state index contributed by atoms with van der Waals surface area (Å²) < 4.78 is 11.5. The largest absolute Gasteiger partial charge is 0.494 e. The van der Waals surface area contributed by atoms with Gasteiger partial charge in [-0.3, -0.25) is 4.79 Å². The molecule has 1 saturated heterocycles. The number of ether oxygens (including phenoxy) is 2. The fraction of sp³-hybridized carbons (Fsp3) is 0.682. The van der Waals surface area contributed by atoms with Gasteiger partial charge in [0.25, 0.3) is 5.91 Å². The summed E-state index contributed by atoms with van der Waals surface area (Å²) in [5.74, 6) is 1.52. The summed E-state index contributed by atoms with van der Waals surface area (Å²) >= 11 is 0. The van der Waals surface area contributed by atoms with Crippen LogP contribution in [0.5, 0.6) is 5.75 Å². The first-order valence-corrected chi connectivity index (χ1v) is 10.3. The molecule has 5 heteroatoms. The number of carbonyl (C=O) groups excluding carboxylic acids is 1. The Morgan fingerprint density at radius 1 is 1.26 bits per heavy atom. The van der Waals surface area contributed by atoms with E-state index in [9.17, 15) is 4.79 Å². The van der Waals surface area contributed by atoms with Crippen molar-refractivity contribution in [1.29, 1.82) is 0 Å². The zero-order chi connectivity index (χ0) is 19.7. The lowest BCUT2D eigenvalue weighted by Gasteiger charge is -2.30. The van der Waals surface area contributed by atoms with Crippen LogP contribution in [0, 0.1) is 5.92 Å². The van der Waals surface area contributed by atoms with Gasteiger partial charge in [0.05, 0.1) is 6.61 Å². The minimum Gasteiger partial charge on any atom is -0.494 e. The van der Waals surface area contributed by atoms with Crippen molar-refractivity contribution >= 4 is 11.6 Å². The number of nitrogens with zero attached hydrogens (tertiary/aromatic N) is 1. The number of carbonyl (C=O) groups is 1. The highest BCUT2D eigenvalue weighted by molar-refractivity contribution is 5.96. The van der Waals surface area contributed by atoms with Gasteiger partial charge < -0.3 is 19.7 Å². The van der Waals surface area contributed by atoms with Crippen molar-refractivity contribution in [1.82, 2.24) is 4.90 Å². The van der Waals surface area contributed by atoms with Gasteiger partial charge in [-0.1, -0.05) is 13.8 Å². The second kappa shape index (κ2) is 10.7. The average molecular weight is 377 g/mol. The fourth-order valence-electron chi connectivity index (χ4n) is 3.31. The van der Waals surface area contributed by atoms with Gasteiger partial charge in [0.15, 0.2) is 0 Å². The van der Waals surface area contributed by atoms with Crippen molar-refractivity contribution in [3.63, 3.8) is 0 Å². The summed E-state index contributed by atoms with van der Waals surface area (Å²) in [6.45, 7) is 12.8. The maximum Gasteiger partial charge on any atom is 0.256 e. The Morgan fingerprint density at radius 3 is 2.67 bits per heavy atom. The summed E-state index contributed by atoms with van der Waals surface area (Å²) in [4.78, 5) is 14.9. The molecule has 0 saturated carbocycles. The van der Waals surface area contributed by atoms with Crippen LogP contribution in [0.4, 0.5) is 5.69 Å². The maximum atomic E-state index is 12.3. The van der Waals surface area contributed by atoms with E-state index in [1.54, 1.807) is 13.8 Å². The molecule has 1 heterocycles. The molecule has 27 heavy (non-hydrogen) atoms. The molecule has 0 spiro atoms. The maximum absolute atomic E-state index is 12.3. The van der Waals surface area contributed by atoms with Crippen molar-refractivity contribution in [2.75, 3.05) is 38.2 Å². The zero-order valence-electron chi connectivity index (χ0n) is 17.4. The number of anilines is 1. The Kier molecular flexibility index (Phi) is 8.58. The molecule has 1 aromatic rings. The Bertz CT molecular complexity index is 571. The van der Waals surface area contributed by atoms with Gasteiger partial charge in [-0.25, -0.2) is 0 Å². The number of nitrogens with one attached hydrogen (secondary N) is 1. The molecule has 152 valence electrons. The summed E-state index contributed by atoms with van der Waals surface area (Å²) in [6.07, 6.45) is 4.60.